The first kappa shape index (κ1) is 15.0. The molecule has 8 heteroatoms. The molecular weight excluding hydrogens is 318 g/mol. The van der Waals surface area contributed by atoms with E-state index in [1.807, 2.05) is 11.6 Å². The molecule has 0 unspecified atom stereocenters. The number of anilines is 2. The molecule has 2 aromatic rings. The summed E-state index contributed by atoms with van der Waals surface area (Å²) in [4.78, 5) is 20.8. The number of amides is 1. The molecule has 1 aliphatic heterocycles. The van der Waals surface area contributed by atoms with E-state index in [2.05, 4.69) is 26.2 Å². The Balaban J connectivity index is 1.48. The molecule has 6 nitrogen and oxygen atoms in total. The van der Waals surface area contributed by atoms with Crippen molar-refractivity contribution in [2.75, 3.05) is 42.9 Å². The smallest absolute Gasteiger partial charge is 0.239 e. The zero-order valence-electron chi connectivity index (χ0n) is 11.9. The summed E-state index contributed by atoms with van der Waals surface area (Å²) >= 11 is 3.01. The van der Waals surface area contributed by atoms with Gasteiger partial charge in [-0.3, -0.25) is 9.69 Å². The summed E-state index contributed by atoms with van der Waals surface area (Å²) in [6.07, 6.45) is 1.81. The Kier molecular flexibility index (Phi) is 4.68. The molecule has 0 radical (unpaired) electrons. The van der Waals surface area contributed by atoms with E-state index < -0.39 is 0 Å². The maximum atomic E-state index is 12.1. The minimum atomic E-state index is -0.0679. The third kappa shape index (κ3) is 3.44. The highest BCUT2D eigenvalue weighted by molar-refractivity contribution is 7.14. The molecule has 0 saturated carbocycles. The number of thiazole rings is 1. The van der Waals surface area contributed by atoms with Crippen LogP contribution in [0.25, 0.3) is 0 Å². The molecule has 22 heavy (non-hydrogen) atoms. The lowest BCUT2D eigenvalue weighted by molar-refractivity contribution is -0.117. The van der Waals surface area contributed by atoms with Crippen molar-refractivity contribution in [3.05, 3.63) is 28.6 Å². The monoisotopic (exact) mass is 333 g/mol. The van der Waals surface area contributed by atoms with E-state index in [4.69, 9.17) is 5.26 Å². The number of rotatable bonds is 4. The molecule has 3 rings (SSSR count). The van der Waals surface area contributed by atoms with Crippen molar-refractivity contribution in [1.29, 1.82) is 5.26 Å². The Labute approximate surface area is 136 Å². The second-order valence-corrected chi connectivity index (χ2v) is 6.69. The van der Waals surface area contributed by atoms with Crippen molar-refractivity contribution in [1.82, 2.24) is 9.88 Å². The molecule has 0 aliphatic carbocycles. The van der Waals surface area contributed by atoms with Gasteiger partial charge in [0.1, 0.15) is 11.1 Å². The third-order valence-corrected chi connectivity index (χ3v) is 5.13. The average Bonchev–Trinajstić information content (AvgIpc) is 3.19. The average molecular weight is 333 g/mol. The summed E-state index contributed by atoms with van der Waals surface area (Å²) in [5.74, 6) is -0.0679. The Morgan fingerprint density at radius 1 is 1.32 bits per heavy atom. The molecule has 1 N–H and O–H groups in total. The highest BCUT2D eigenvalue weighted by atomic mass is 32.1. The summed E-state index contributed by atoms with van der Waals surface area (Å²) in [6, 6.07) is 3.79. The summed E-state index contributed by atoms with van der Waals surface area (Å²) < 4.78 is 0. The molecule has 114 valence electrons. The van der Waals surface area contributed by atoms with E-state index in [0.29, 0.717) is 17.1 Å². The molecule has 1 fully saturated rings. The van der Waals surface area contributed by atoms with E-state index in [1.54, 1.807) is 22.8 Å². The van der Waals surface area contributed by atoms with Crippen molar-refractivity contribution in [2.45, 2.75) is 0 Å². The predicted octanol–water partition coefficient (Wildman–Crippen LogP) is 1.84. The minimum absolute atomic E-state index is 0.0679. The number of hydrogen-bond acceptors (Lipinski definition) is 7. The number of nitriles is 1. The van der Waals surface area contributed by atoms with Gasteiger partial charge in [0.25, 0.3) is 0 Å². The molecule has 1 amide bonds. The van der Waals surface area contributed by atoms with E-state index in [-0.39, 0.29) is 5.91 Å². The van der Waals surface area contributed by atoms with Crippen LogP contribution in [-0.2, 0) is 4.79 Å². The van der Waals surface area contributed by atoms with Gasteiger partial charge < -0.3 is 10.2 Å². The van der Waals surface area contributed by atoms with Crippen LogP contribution < -0.4 is 10.2 Å². The molecule has 1 saturated heterocycles. The number of thiophene rings is 1. The second-order valence-electron chi connectivity index (χ2n) is 4.90. The lowest BCUT2D eigenvalue weighted by Crippen LogP contribution is -2.48. The van der Waals surface area contributed by atoms with Crippen LogP contribution in [0.1, 0.15) is 5.56 Å². The van der Waals surface area contributed by atoms with Crippen molar-refractivity contribution in [3.8, 4) is 6.07 Å². The van der Waals surface area contributed by atoms with E-state index >= 15 is 0 Å². The molecule has 0 spiro atoms. The van der Waals surface area contributed by atoms with Crippen molar-refractivity contribution >= 4 is 38.7 Å². The minimum Gasteiger partial charge on any atom is -0.346 e. The number of hydrogen-bond donors (Lipinski definition) is 1. The number of carbonyl (C=O) groups is 1. The highest BCUT2D eigenvalue weighted by Gasteiger charge is 2.20. The lowest BCUT2D eigenvalue weighted by Gasteiger charge is -2.34. The van der Waals surface area contributed by atoms with Gasteiger partial charge in [-0.25, -0.2) is 4.98 Å². The van der Waals surface area contributed by atoms with Crippen LogP contribution in [0.5, 0.6) is 0 Å². The van der Waals surface area contributed by atoms with Crippen LogP contribution in [0.3, 0.4) is 0 Å². The van der Waals surface area contributed by atoms with Crippen LogP contribution in [0.2, 0.25) is 0 Å². The number of nitrogens with zero attached hydrogens (tertiary/aromatic N) is 4. The highest BCUT2D eigenvalue weighted by Crippen LogP contribution is 2.22. The van der Waals surface area contributed by atoms with Gasteiger partial charge in [-0.2, -0.15) is 5.26 Å². The molecule has 3 heterocycles. The predicted molar refractivity (Wildman–Crippen MR) is 88.4 cm³/mol. The Morgan fingerprint density at radius 3 is 2.82 bits per heavy atom. The van der Waals surface area contributed by atoms with Crippen LogP contribution in [0.4, 0.5) is 10.1 Å². The van der Waals surface area contributed by atoms with Crippen LogP contribution >= 0.6 is 22.7 Å². The molecule has 2 aromatic heterocycles. The fourth-order valence-electron chi connectivity index (χ4n) is 2.33. The van der Waals surface area contributed by atoms with Gasteiger partial charge in [0.2, 0.25) is 5.91 Å². The zero-order valence-corrected chi connectivity index (χ0v) is 13.5. The van der Waals surface area contributed by atoms with Crippen molar-refractivity contribution < 1.29 is 4.79 Å². The summed E-state index contributed by atoms with van der Waals surface area (Å²) in [5, 5.41) is 17.2. The molecule has 0 atom stereocenters. The standard InChI is InChI=1S/C14H15N5OS2/c15-9-11-1-7-21-13(11)17-12(20)10-18-3-5-19(6-4-18)14-16-2-8-22-14/h1-2,7-8H,3-6,10H2,(H,17,20). The number of carbonyl (C=O) groups excluding carboxylic acids is 1. The van der Waals surface area contributed by atoms with Gasteiger partial charge >= 0.3 is 0 Å². The van der Waals surface area contributed by atoms with Gasteiger partial charge in [-0.15, -0.1) is 22.7 Å². The number of aromatic nitrogens is 1. The van der Waals surface area contributed by atoms with Crippen LogP contribution in [-0.4, -0.2) is 48.5 Å². The first-order chi connectivity index (χ1) is 10.8. The topological polar surface area (TPSA) is 72.3 Å². The van der Waals surface area contributed by atoms with E-state index in [1.165, 1.54) is 11.3 Å². The SMILES string of the molecule is N#Cc1ccsc1NC(=O)CN1CCN(c2nccs2)CC1. The van der Waals surface area contributed by atoms with Gasteiger partial charge in [0, 0.05) is 37.8 Å². The largest absolute Gasteiger partial charge is 0.346 e. The third-order valence-electron chi connectivity index (χ3n) is 3.47. The first-order valence-electron chi connectivity index (χ1n) is 6.90. The van der Waals surface area contributed by atoms with Gasteiger partial charge in [0.05, 0.1) is 12.1 Å². The maximum absolute atomic E-state index is 12.1. The first-order valence-corrected chi connectivity index (χ1v) is 8.66. The fraction of sp³-hybridized carbons (Fsp3) is 0.357. The maximum Gasteiger partial charge on any atom is 0.239 e. The van der Waals surface area contributed by atoms with Crippen LogP contribution in [0, 0.1) is 11.3 Å². The zero-order chi connectivity index (χ0) is 15.4. The van der Waals surface area contributed by atoms with E-state index in [0.717, 1.165) is 31.3 Å². The summed E-state index contributed by atoms with van der Waals surface area (Å²) in [5.41, 5.74) is 0.520. The summed E-state index contributed by atoms with van der Waals surface area (Å²) in [7, 11) is 0. The molecule has 0 aromatic carbocycles. The molecule has 1 aliphatic rings. The number of nitrogens with one attached hydrogen (secondary N) is 1. The lowest BCUT2D eigenvalue weighted by atomic mass is 10.3. The summed E-state index contributed by atoms with van der Waals surface area (Å²) in [6.45, 7) is 3.78. The number of piperazine rings is 1. The van der Waals surface area contributed by atoms with E-state index in [9.17, 15) is 4.79 Å². The molecule has 0 bridgehead atoms. The van der Waals surface area contributed by atoms with Crippen molar-refractivity contribution in [2.24, 2.45) is 0 Å². The molecular formula is C14H15N5OS2. The van der Waals surface area contributed by atoms with Gasteiger partial charge in [0.15, 0.2) is 5.13 Å². The fourth-order valence-corrected chi connectivity index (χ4v) is 3.78. The van der Waals surface area contributed by atoms with Crippen molar-refractivity contribution in [3.63, 3.8) is 0 Å². The normalized spacial score (nSPS) is 15.5. The van der Waals surface area contributed by atoms with Gasteiger partial charge in [-0.1, -0.05) is 0 Å². The Hall–Kier alpha value is -1.95. The van der Waals surface area contributed by atoms with Crippen LogP contribution in [0.15, 0.2) is 23.0 Å². The second kappa shape index (κ2) is 6.87. The van der Waals surface area contributed by atoms with Gasteiger partial charge in [-0.05, 0) is 11.4 Å². The quantitative estimate of drug-likeness (QED) is 0.924. The Bertz CT molecular complexity index is 668. The Morgan fingerprint density at radius 2 is 2.14 bits per heavy atom.